The average Bonchev–Trinajstić information content (AvgIpc) is 2.85. The number of carbonyl (C=O) groups excluding carboxylic acids is 2. The number of hydrogen-bond acceptors (Lipinski definition) is 6. The maximum Gasteiger partial charge on any atom is 0.348 e. The van der Waals surface area contributed by atoms with Crippen LogP contribution in [0.1, 0.15) is 32.5 Å². The van der Waals surface area contributed by atoms with Gasteiger partial charge in [-0.25, -0.2) is 4.79 Å². The molecule has 0 unspecified atom stereocenters. The van der Waals surface area contributed by atoms with E-state index in [1.165, 1.54) is 0 Å². The molecule has 2 aromatic rings. The Hall–Kier alpha value is -1.82. The molecule has 0 atom stereocenters. The van der Waals surface area contributed by atoms with Gasteiger partial charge >= 0.3 is 5.97 Å². The number of nitrogens with zero attached hydrogens (tertiary/aromatic N) is 1. The van der Waals surface area contributed by atoms with Crippen molar-refractivity contribution >= 4 is 55.9 Å². The van der Waals surface area contributed by atoms with Crippen LogP contribution in [0.15, 0.2) is 33.6 Å². The quantitative estimate of drug-likeness (QED) is 0.422. The number of nitrogens with one attached hydrogen (secondary N) is 1. The first-order valence-corrected chi connectivity index (χ1v) is 9.33. The molecule has 0 aliphatic rings. The molecular weight excluding hydrogens is 412 g/mol. The minimum Gasteiger partial charge on any atom is -0.462 e. The summed E-state index contributed by atoms with van der Waals surface area (Å²) in [6.45, 7) is 3.72. The van der Waals surface area contributed by atoms with E-state index in [0.717, 1.165) is 27.6 Å². The van der Waals surface area contributed by atoms with Crippen molar-refractivity contribution in [2.24, 2.45) is 0 Å². The van der Waals surface area contributed by atoms with Crippen LogP contribution in [0.3, 0.4) is 0 Å². The van der Waals surface area contributed by atoms with Gasteiger partial charge in [-0.2, -0.15) is 5.26 Å². The summed E-state index contributed by atoms with van der Waals surface area (Å²) in [6, 6.07) is 6.96. The van der Waals surface area contributed by atoms with E-state index in [9.17, 15) is 9.59 Å². The number of rotatable bonds is 5. The highest BCUT2D eigenvalue weighted by molar-refractivity contribution is 9.10. The third-order valence-electron chi connectivity index (χ3n) is 3.01. The van der Waals surface area contributed by atoms with Crippen LogP contribution in [0.2, 0.25) is 0 Å². The maximum atomic E-state index is 12.4. The molecule has 0 saturated heterocycles. The number of esters is 1. The highest BCUT2D eigenvalue weighted by Crippen LogP contribution is 2.40. The van der Waals surface area contributed by atoms with E-state index < -0.39 is 5.97 Å². The van der Waals surface area contributed by atoms with Crippen LogP contribution in [0.5, 0.6) is 0 Å². The van der Waals surface area contributed by atoms with Crippen LogP contribution in [0, 0.1) is 17.6 Å². The molecule has 5 nitrogen and oxygen atoms in total. The zero-order chi connectivity index (χ0) is 17.7. The number of thiocyanates is 1. The zero-order valence-corrected chi connectivity index (χ0v) is 16.1. The maximum absolute atomic E-state index is 12.4. The van der Waals surface area contributed by atoms with Crippen LogP contribution >= 0.6 is 39.0 Å². The van der Waals surface area contributed by atoms with Gasteiger partial charge in [-0.1, -0.05) is 22.0 Å². The summed E-state index contributed by atoms with van der Waals surface area (Å²) >= 11 is 5.34. The molecule has 124 valence electrons. The minimum absolute atomic E-state index is 0.261. The third kappa shape index (κ3) is 4.17. The van der Waals surface area contributed by atoms with Crippen molar-refractivity contribution < 1.29 is 14.3 Å². The van der Waals surface area contributed by atoms with Gasteiger partial charge in [0.2, 0.25) is 0 Å². The number of amides is 1. The van der Waals surface area contributed by atoms with E-state index in [1.807, 2.05) is 11.5 Å². The van der Waals surface area contributed by atoms with Crippen LogP contribution in [-0.4, -0.2) is 18.5 Å². The van der Waals surface area contributed by atoms with Crippen LogP contribution in [0.4, 0.5) is 5.00 Å². The molecule has 1 amide bonds. The normalized spacial score (nSPS) is 10.1. The fourth-order valence-corrected chi connectivity index (χ4v) is 4.14. The first-order chi connectivity index (χ1) is 11.5. The number of nitriles is 1. The molecule has 0 bridgehead atoms. The molecule has 0 aliphatic heterocycles. The topological polar surface area (TPSA) is 79.2 Å². The van der Waals surface area contributed by atoms with Crippen LogP contribution < -0.4 is 5.32 Å². The Kier molecular flexibility index (Phi) is 6.43. The predicted molar refractivity (Wildman–Crippen MR) is 98.6 cm³/mol. The minimum atomic E-state index is -0.456. The number of thiophene rings is 1. The fraction of sp³-hybridized carbons (Fsp3) is 0.188. The van der Waals surface area contributed by atoms with Gasteiger partial charge in [0.05, 0.1) is 11.5 Å². The van der Waals surface area contributed by atoms with Crippen LogP contribution in [-0.2, 0) is 4.74 Å². The molecule has 8 heteroatoms. The van der Waals surface area contributed by atoms with Crippen LogP contribution in [0.25, 0.3) is 0 Å². The second-order valence-corrected chi connectivity index (χ2v) is 7.32. The molecule has 0 saturated carbocycles. The Morgan fingerprint density at radius 3 is 2.83 bits per heavy atom. The van der Waals surface area contributed by atoms with E-state index in [2.05, 4.69) is 21.2 Å². The van der Waals surface area contributed by atoms with E-state index in [0.29, 0.717) is 25.9 Å². The van der Waals surface area contributed by atoms with Gasteiger partial charge < -0.3 is 10.1 Å². The second kappa shape index (κ2) is 8.33. The van der Waals surface area contributed by atoms with Gasteiger partial charge in [0.1, 0.15) is 15.3 Å². The van der Waals surface area contributed by atoms with Gasteiger partial charge in [0.15, 0.2) is 0 Å². The Balaban J connectivity index is 2.35. The predicted octanol–water partition coefficient (Wildman–Crippen LogP) is 4.82. The number of anilines is 1. The van der Waals surface area contributed by atoms with E-state index >= 15 is 0 Å². The van der Waals surface area contributed by atoms with Gasteiger partial charge in [-0.15, -0.1) is 11.3 Å². The monoisotopic (exact) mass is 424 g/mol. The standard InChI is InChI=1S/C16H13BrN2O3S2/c1-3-22-16(21)13-9(2)12(23-8-18)15(24-13)19-14(20)10-5-4-6-11(17)7-10/h4-7H,3H2,1-2H3,(H,19,20). The number of carbonyl (C=O) groups is 2. The lowest BCUT2D eigenvalue weighted by Crippen LogP contribution is -2.11. The van der Waals surface area contributed by atoms with Gasteiger partial charge in [0, 0.05) is 10.0 Å². The molecule has 24 heavy (non-hydrogen) atoms. The number of ether oxygens (including phenoxy) is 1. The summed E-state index contributed by atoms with van der Waals surface area (Å²) in [4.78, 5) is 25.4. The SMILES string of the molecule is CCOC(=O)c1sc(NC(=O)c2cccc(Br)c2)c(SC#N)c1C. The summed E-state index contributed by atoms with van der Waals surface area (Å²) in [6.07, 6.45) is 0. The molecular formula is C16H13BrN2O3S2. The van der Waals surface area contributed by atoms with E-state index in [-0.39, 0.29) is 12.5 Å². The van der Waals surface area contributed by atoms with E-state index in [1.54, 1.807) is 32.0 Å². The molecule has 0 aliphatic carbocycles. The lowest BCUT2D eigenvalue weighted by Gasteiger charge is -2.05. The molecule has 1 N–H and O–H groups in total. The van der Waals surface area contributed by atoms with Crippen molar-refractivity contribution in [3.05, 3.63) is 44.7 Å². The summed E-state index contributed by atoms with van der Waals surface area (Å²) in [7, 11) is 0. The number of halogens is 1. The molecule has 2 rings (SSSR count). The molecule has 1 aromatic heterocycles. The van der Waals surface area contributed by atoms with Crippen molar-refractivity contribution in [3.63, 3.8) is 0 Å². The first-order valence-electron chi connectivity index (χ1n) is 6.91. The second-order valence-electron chi connectivity index (χ2n) is 4.59. The molecule has 0 fully saturated rings. The smallest absolute Gasteiger partial charge is 0.348 e. The van der Waals surface area contributed by atoms with Crippen molar-refractivity contribution in [1.29, 1.82) is 5.26 Å². The Morgan fingerprint density at radius 2 is 2.21 bits per heavy atom. The van der Waals surface area contributed by atoms with Gasteiger partial charge in [-0.05, 0) is 49.4 Å². The average molecular weight is 425 g/mol. The largest absolute Gasteiger partial charge is 0.462 e. The van der Waals surface area contributed by atoms with Crippen molar-refractivity contribution in [2.45, 2.75) is 18.7 Å². The number of hydrogen-bond donors (Lipinski definition) is 1. The Labute approximate surface area is 156 Å². The third-order valence-corrected chi connectivity index (χ3v) is 5.63. The highest BCUT2D eigenvalue weighted by Gasteiger charge is 2.23. The highest BCUT2D eigenvalue weighted by atomic mass is 79.9. The van der Waals surface area contributed by atoms with Crippen molar-refractivity contribution in [1.82, 2.24) is 0 Å². The van der Waals surface area contributed by atoms with Gasteiger partial charge in [0.25, 0.3) is 5.91 Å². The summed E-state index contributed by atoms with van der Waals surface area (Å²) in [5.41, 5.74) is 1.11. The number of benzene rings is 1. The zero-order valence-electron chi connectivity index (χ0n) is 12.9. The van der Waals surface area contributed by atoms with E-state index in [4.69, 9.17) is 10.00 Å². The molecule has 1 heterocycles. The first kappa shape index (κ1) is 18.5. The Morgan fingerprint density at radius 1 is 1.46 bits per heavy atom. The van der Waals surface area contributed by atoms with Crippen molar-refractivity contribution in [3.8, 4) is 5.40 Å². The summed E-state index contributed by atoms with van der Waals surface area (Å²) in [5.74, 6) is -0.768. The molecule has 0 radical (unpaired) electrons. The van der Waals surface area contributed by atoms with Crippen molar-refractivity contribution in [2.75, 3.05) is 11.9 Å². The Bertz CT molecular complexity index is 827. The summed E-state index contributed by atoms with van der Waals surface area (Å²) in [5, 5.41) is 14.2. The lowest BCUT2D eigenvalue weighted by atomic mass is 10.2. The molecule has 1 aromatic carbocycles. The summed E-state index contributed by atoms with van der Waals surface area (Å²) < 4.78 is 5.81. The number of thioether (sulfide) groups is 1. The lowest BCUT2D eigenvalue weighted by molar-refractivity contribution is 0.0531. The molecule has 0 spiro atoms. The van der Waals surface area contributed by atoms with Gasteiger partial charge in [-0.3, -0.25) is 4.79 Å². The fourth-order valence-electron chi connectivity index (χ4n) is 1.95.